The number of nitrogens with zero attached hydrogens (tertiary/aromatic N) is 1. The average molecular weight is 248 g/mol. The minimum Gasteiger partial charge on any atom is -0.491 e. The number of nitrogens with one attached hydrogen (secondary N) is 1. The molecule has 1 aliphatic rings. The highest BCUT2D eigenvalue weighted by Crippen LogP contribution is 2.23. The third-order valence-electron chi connectivity index (χ3n) is 3.29. The Balaban J connectivity index is 1.79. The highest BCUT2D eigenvalue weighted by Gasteiger charge is 2.10. The van der Waals surface area contributed by atoms with Gasteiger partial charge in [-0.2, -0.15) is 0 Å². The van der Waals surface area contributed by atoms with Crippen LogP contribution in [0.15, 0.2) is 24.3 Å². The van der Waals surface area contributed by atoms with E-state index in [9.17, 15) is 0 Å². The van der Waals surface area contributed by atoms with E-state index in [1.165, 1.54) is 25.9 Å². The number of likely N-dealkylation sites (tertiary alicyclic amines) is 1. The summed E-state index contributed by atoms with van der Waals surface area (Å²) in [6.07, 6.45) is 3.76. The number of rotatable bonds is 7. The molecule has 1 fully saturated rings. The van der Waals surface area contributed by atoms with Gasteiger partial charge in [-0.15, -0.1) is 0 Å². The van der Waals surface area contributed by atoms with Crippen LogP contribution in [0.25, 0.3) is 0 Å². The van der Waals surface area contributed by atoms with Crippen molar-refractivity contribution < 1.29 is 4.74 Å². The third kappa shape index (κ3) is 3.91. The first-order valence-electron chi connectivity index (χ1n) is 7.08. The summed E-state index contributed by atoms with van der Waals surface area (Å²) in [5.41, 5.74) is 1.12. The second-order valence-corrected chi connectivity index (χ2v) is 4.82. The Morgan fingerprint density at radius 3 is 2.78 bits per heavy atom. The quantitative estimate of drug-likeness (QED) is 0.803. The summed E-state index contributed by atoms with van der Waals surface area (Å²) in [5, 5.41) is 3.48. The molecule has 1 aliphatic heterocycles. The van der Waals surface area contributed by atoms with Crippen LogP contribution in [0.1, 0.15) is 26.2 Å². The van der Waals surface area contributed by atoms with Gasteiger partial charge in [-0.25, -0.2) is 0 Å². The largest absolute Gasteiger partial charge is 0.491 e. The van der Waals surface area contributed by atoms with Crippen molar-refractivity contribution >= 4 is 5.69 Å². The Morgan fingerprint density at radius 1 is 1.22 bits per heavy atom. The molecule has 1 saturated heterocycles. The van der Waals surface area contributed by atoms with Crippen molar-refractivity contribution in [2.45, 2.75) is 26.2 Å². The van der Waals surface area contributed by atoms with Gasteiger partial charge in [-0.3, -0.25) is 0 Å². The van der Waals surface area contributed by atoms with Crippen LogP contribution in [0.3, 0.4) is 0 Å². The van der Waals surface area contributed by atoms with Crippen molar-refractivity contribution in [2.24, 2.45) is 0 Å². The van der Waals surface area contributed by atoms with Gasteiger partial charge in [0.1, 0.15) is 5.75 Å². The van der Waals surface area contributed by atoms with Crippen molar-refractivity contribution in [2.75, 3.05) is 38.1 Å². The SMILES string of the molecule is CCCOc1ccccc1NCCN1CCCC1. The molecule has 1 heterocycles. The number of hydrogen-bond donors (Lipinski definition) is 1. The van der Waals surface area contributed by atoms with Crippen LogP contribution in [0.4, 0.5) is 5.69 Å². The van der Waals surface area contributed by atoms with E-state index in [4.69, 9.17) is 4.74 Å². The molecule has 0 atom stereocenters. The maximum Gasteiger partial charge on any atom is 0.142 e. The molecule has 0 spiro atoms. The topological polar surface area (TPSA) is 24.5 Å². The lowest BCUT2D eigenvalue weighted by molar-refractivity contribution is 0.318. The van der Waals surface area contributed by atoms with Gasteiger partial charge in [0.2, 0.25) is 0 Å². The van der Waals surface area contributed by atoms with Gasteiger partial charge in [-0.05, 0) is 44.5 Å². The fourth-order valence-corrected chi connectivity index (χ4v) is 2.31. The summed E-state index contributed by atoms with van der Waals surface area (Å²) in [7, 11) is 0. The lowest BCUT2D eigenvalue weighted by Gasteiger charge is -2.17. The Morgan fingerprint density at radius 2 is 2.00 bits per heavy atom. The lowest BCUT2D eigenvalue weighted by Crippen LogP contribution is -2.26. The minimum absolute atomic E-state index is 0.783. The predicted octanol–water partition coefficient (Wildman–Crippen LogP) is 2.98. The van der Waals surface area contributed by atoms with E-state index >= 15 is 0 Å². The van der Waals surface area contributed by atoms with Crippen molar-refractivity contribution in [3.05, 3.63) is 24.3 Å². The molecule has 3 nitrogen and oxygen atoms in total. The molecule has 0 aliphatic carbocycles. The smallest absolute Gasteiger partial charge is 0.142 e. The summed E-state index contributed by atoms with van der Waals surface area (Å²) < 4.78 is 5.73. The second-order valence-electron chi connectivity index (χ2n) is 4.82. The average Bonchev–Trinajstić information content (AvgIpc) is 2.91. The summed E-state index contributed by atoms with van der Waals surface area (Å²) >= 11 is 0. The molecule has 3 heteroatoms. The van der Waals surface area contributed by atoms with Crippen molar-refractivity contribution in [1.29, 1.82) is 0 Å². The van der Waals surface area contributed by atoms with Gasteiger partial charge in [-0.1, -0.05) is 19.1 Å². The molecular formula is C15H24N2O. The lowest BCUT2D eigenvalue weighted by atomic mass is 10.3. The van der Waals surface area contributed by atoms with E-state index in [1.54, 1.807) is 0 Å². The highest BCUT2D eigenvalue weighted by molar-refractivity contribution is 5.56. The zero-order valence-corrected chi connectivity index (χ0v) is 11.3. The van der Waals surface area contributed by atoms with Crippen LogP contribution < -0.4 is 10.1 Å². The van der Waals surface area contributed by atoms with Gasteiger partial charge in [0.05, 0.1) is 12.3 Å². The van der Waals surface area contributed by atoms with E-state index in [2.05, 4.69) is 29.3 Å². The van der Waals surface area contributed by atoms with Crippen LogP contribution in [-0.4, -0.2) is 37.7 Å². The molecule has 0 unspecified atom stereocenters. The number of anilines is 1. The second kappa shape index (κ2) is 7.27. The van der Waals surface area contributed by atoms with Gasteiger partial charge in [0, 0.05) is 13.1 Å². The van der Waals surface area contributed by atoms with Crippen LogP contribution in [0, 0.1) is 0 Å². The Bertz CT molecular complexity index is 348. The van der Waals surface area contributed by atoms with Gasteiger partial charge in [0.25, 0.3) is 0 Å². The summed E-state index contributed by atoms with van der Waals surface area (Å²) in [5.74, 6) is 0.973. The molecular weight excluding hydrogens is 224 g/mol. The monoisotopic (exact) mass is 248 g/mol. The molecule has 0 radical (unpaired) electrons. The minimum atomic E-state index is 0.783. The zero-order valence-electron chi connectivity index (χ0n) is 11.3. The predicted molar refractivity (Wildman–Crippen MR) is 76.4 cm³/mol. The third-order valence-corrected chi connectivity index (χ3v) is 3.29. The molecule has 0 amide bonds. The maximum atomic E-state index is 5.73. The number of benzene rings is 1. The van der Waals surface area contributed by atoms with Crippen LogP contribution in [0.2, 0.25) is 0 Å². The molecule has 100 valence electrons. The van der Waals surface area contributed by atoms with Crippen molar-refractivity contribution in [3.8, 4) is 5.75 Å². The van der Waals surface area contributed by atoms with E-state index < -0.39 is 0 Å². The molecule has 1 N–H and O–H groups in total. The van der Waals surface area contributed by atoms with E-state index in [1.807, 2.05) is 12.1 Å². The molecule has 1 aromatic rings. The Kier molecular flexibility index (Phi) is 5.34. The van der Waals surface area contributed by atoms with E-state index in [-0.39, 0.29) is 0 Å². The van der Waals surface area contributed by atoms with Gasteiger partial charge < -0.3 is 15.0 Å². The van der Waals surface area contributed by atoms with Crippen LogP contribution >= 0.6 is 0 Å². The molecule has 2 rings (SSSR count). The standard InChI is InChI=1S/C15H24N2O/c1-2-13-18-15-8-4-3-7-14(15)16-9-12-17-10-5-6-11-17/h3-4,7-8,16H,2,5-6,9-13H2,1H3. The first-order valence-corrected chi connectivity index (χ1v) is 7.08. The molecule has 18 heavy (non-hydrogen) atoms. The maximum absolute atomic E-state index is 5.73. The molecule has 0 aromatic heterocycles. The normalized spacial score (nSPS) is 15.8. The van der Waals surface area contributed by atoms with Crippen LogP contribution in [0.5, 0.6) is 5.75 Å². The first-order chi connectivity index (χ1) is 8.90. The highest BCUT2D eigenvalue weighted by atomic mass is 16.5. The van der Waals surface area contributed by atoms with E-state index in [0.717, 1.165) is 37.6 Å². The number of hydrogen-bond acceptors (Lipinski definition) is 3. The van der Waals surface area contributed by atoms with Gasteiger partial charge >= 0.3 is 0 Å². The summed E-state index contributed by atoms with van der Waals surface area (Å²) in [6.45, 7) is 7.55. The molecule has 1 aromatic carbocycles. The van der Waals surface area contributed by atoms with Gasteiger partial charge in [0.15, 0.2) is 0 Å². The Labute approximate surface area is 110 Å². The molecule has 0 bridgehead atoms. The first kappa shape index (κ1) is 13.2. The Hall–Kier alpha value is -1.22. The van der Waals surface area contributed by atoms with Crippen molar-refractivity contribution in [1.82, 2.24) is 4.90 Å². The van der Waals surface area contributed by atoms with Crippen molar-refractivity contribution in [3.63, 3.8) is 0 Å². The fraction of sp³-hybridized carbons (Fsp3) is 0.600. The summed E-state index contributed by atoms with van der Waals surface area (Å²) in [6, 6.07) is 8.20. The molecule has 0 saturated carbocycles. The van der Waals surface area contributed by atoms with E-state index in [0.29, 0.717) is 0 Å². The fourth-order valence-electron chi connectivity index (χ4n) is 2.31. The number of para-hydroxylation sites is 2. The number of ether oxygens (including phenoxy) is 1. The van der Waals surface area contributed by atoms with Crippen LogP contribution in [-0.2, 0) is 0 Å². The zero-order chi connectivity index (χ0) is 12.6. The summed E-state index contributed by atoms with van der Waals surface area (Å²) in [4.78, 5) is 2.52.